The monoisotopic (exact) mass is 204 g/mol. The summed E-state index contributed by atoms with van der Waals surface area (Å²) in [7, 11) is 0. The average Bonchev–Trinajstić information content (AvgIpc) is 2.21. The van der Waals surface area contributed by atoms with Crippen molar-refractivity contribution in [1.29, 1.82) is 0 Å². The first-order chi connectivity index (χ1) is 6.85. The lowest BCUT2D eigenvalue weighted by Crippen LogP contribution is -2.45. The highest BCUT2D eigenvalue weighted by molar-refractivity contribution is 4.70. The van der Waals surface area contributed by atoms with E-state index in [1.165, 1.54) is 0 Å². The van der Waals surface area contributed by atoms with Crippen LogP contribution in [0.15, 0.2) is 12.7 Å². The van der Waals surface area contributed by atoms with Crippen LogP contribution in [-0.2, 0) is 0 Å². The Morgan fingerprint density at radius 3 is 2.14 bits per heavy atom. The van der Waals surface area contributed by atoms with Crippen LogP contribution < -0.4 is 22.1 Å². The summed E-state index contributed by atoms with van der Waals surface area (Å²) in [4.78, 5) is 0. The van der Waals surface area contributed by atoms with Gasteiger partial charge in [0.05, 0.1) is 6.17 Å². The van der Waals surface area contributed by atoms with E-state index >= 15 is 0 Å². The van der Waals surface area contributed by atoms with Crippen LogP contribution in [0.1, 0.15) is 19.3 Å². The second kappa shape index (κ2) is 10.7. The fourth-order valence-corrected chi connectivity index (χ4v) is 1.26. The molecule has 0 rings (SSSR count). The van der Waals surface area contributed by atoms with Crippen molar-refractivity contribution in [2.75, 3.05) is 26.2 Å². The van der Waals surface area contributed by atoms with E-state index in [0.717, 1.165) is 32.4 Å². The summed E-state index contributed by atoms with van der Waals surface area (Å²) in [5, 5.41) is 6.67. The van der Waals surface area contributed by atoms with Crippen molar-refractivity contribution in [2.45, 2.75) is 25.4 Å². The smallest absolute Gasteiger partial charge is 0.0572 e. The molecule has 0 spiro atoms. The molecule has 0 unspecified atom stereocenters. The number of rotatable bonds is 10. The molecule has 0 bridgehead atoms. The van der Waals surface area contributed by atoms with E-state index in [2.05, 4.69) is 17.2 Å². The van der Waals surface area contributed by atoms with Crippen LogP contribution in [0.3, 0.4) is 0 Å². The number of nitrogens with one attached hydrogen (secondary N) is 2. The van der Waals surface area contributed by atoms with Crippen LogP contribution in [-0.4, -0.2) is 32.3 Å². The highest BCUT2D eigenvalue weighted by Gasteiger charge is 2.04. The Labute approximate surface area is 87.1 Å². The minimum absolute atomic E-state index is 0.335. The first-order valence-electron chi connectivity index (χ1n) is 5.33. The first kappa shape index (κ1) is 13.6. The van der Waals surface area contributed by atoms with Gasteiger partial charge >= 0.3 is 0 Å². The average molecular weight is 204 g/mol. The van der Waals surface area contributed by atoms with E-state index < -0.39 is 0 Å². The molecule has 0 saturated heterocycles. The van der Waals surface area contributed by atoms with Gasteiger partial charge in [0, 0.05) is 26.2 Å². The first-order valence-corrected chi connectivity index (χ1v) is 5.33. The molecule has 0 aliphatic carbocycles. The zero-order chi connectivity index (χ0) is 10.6. The van der Waals surface area contributed by atoms with Crippen LogP contribution in [0.5, 0.6) is 0 Å². The number of nitrogens with two attached hydrogens (primary N) is 2. The molecule has 0 radical (unpaired) electrons. The van der Waals surface area contributed by atoms with Gasteiger partial charge in [0.1, 0.15) is 0 Å². The molecule has 4 heteroatoms. The maximum atomic E-state index is 5.43. The molecule has 0 aromatic heterocycles. The van der Waals surface area contributed by atoms with Crippen molar-refractivity contribution >= 4 is 0 Å². The van der Waals surface area contributed by atoms with Gasteiger partial charge in [-0.3, -0.25) is 0 Å². The number of hydrogen-bond acceptors (Lipinski definition) is 4. The molecule has 0 aromatic rings. The highest BCUT2D eigenvalue weighted by atomic mass is 16.3. The van der Waals surface area contributed by atoms with E-state index in [9.17, 15) is 0 Å². The largest absolute Gasteiger partial charge is 0.329 e. The number of unbranched alkanes of at least 4 members (excludes halogenated alkanes) is 1. The van der Waals surface area contributed by atoms with Crippen molar-refractivity contribution in [2.24, 2.45) is 11.5 Å². The molecular formula is C10H24N4. The molecule has 0 atom stereocenters. The van der Waals surface area contributed by atoms with Crippen LogP contribution in [0.25, 0.3) is 0 Å². The molecular weight excluding hydrogens is 180 g/mol. The summed E-state index contributed by atoms with van der Waals surface area (Å²) in [6.07, 6.45) is 5.57. The van der Waals surface area contributed by atoms with Gasteiger partial charge in [0.15, 0.2) is 0 Å². The Morgan fingerprint density at radius 1 is 1.14 bits per heavy atom. The molecule has 0 aliphatic heterocycles. The second-order valence-corrected chi connectivity index (χ2v) is 3.26. The van der Waals surface area contributed by atoms with Gasteiger partial charge in [-0.15, -0.1) is 6.58 Å². The van der Waals surface area contributed by atoms with Gasteiger partial charge in [-0.2, -0.15) is 0 Å². The maximum absolute atomic E-state index is 5.43. The van der Waals surface area contributed by atoms with E-state index in [-0.39, 0.29) is 0 Å². The summed E-state index contributed by atoms with van der Waals surface area (Å²) in [6, 6.07) is 0. The molecule has 0 aromatic carbocycles. The van der Waals surface area contributed by atoms with Gasteiger partial charge in [-0.1, -0.05) is 6.08 Å². The second-order valence-electron chi connectivity index (χ2n) is 3.26. The van der Waals surface area contributed by atoms with Crippen LogP contribution in [0.2, 0.25) is 0 Å². The van der Waals surface area contributed by atoms with Crippen molar-refractivity contribution in [3.8, 4) is 0 Å². The van der Waals surface area contributed by atoms with Gasteiger partial charge in [0.25, 0.3) is 0 Å². The lowest BCUT2D eigenvalue weighted by Gasteiger charge is -2.19. The molecule has 0 aliphatic rings. The zero-order valence-corrected chi connectivity index (χ0v) is 8.97. The Kier molecular flexibility index (Phi) is 10.3. The van der Waals surface area contributed by atoms with Gasteiger partial charge in [-0.25, -0.2) is 0 Å². The van der Waals surface area contributed by atoms with Crippen molar-refractivity contribution in [3.05, 3.63) is 12.7 Å². The predicted molar refractivity (Wildman–Crippen MR) is 62.0 cm³/mol. The number of allylic oxidation sites excluding steroid dienone is 1. The molecule has 4 nitrogen and oxygen atoms in total. The summed E-state index contributed by atoms with van der Waals surface area (Å²) >= 11 is 0. The van der Waals surface area contributed by atoms with E-state index in [0.29, 0.717) is 19.3 Å². The Bertz CT molecular complexity index is 119. The fourth-order valence-electron chi connectivity index (χ4n) is 1.26. The summed E-state index contributed by atoms with van der Waals surface area (Å²) in [5.74, 6) is 0. The van der Waals surface area contributed by atoms with Crippen LogP contribution in [0.4, 0.5) is 0 Å². The molecule has 0 heterocycles. The summed E-state index contributed by atoms with van der Waals surface area (Å²) in [6.45, 7) is 6.73. The third-order valence-electron chi connectivity index (χ3n) is 1.97. The Hall–Kier alpha value is -0.420. The van der Waals surface area contributed by atoms with Crippen molar-refractivity contribution in [3.63, 3.8) is 0 Å². The normalized spacial score (nSPS) is 10.8. The predicted octanol–water partition coefficient (Wildman–Crippen LogP) is -0.235. The molecule has 14 heavy (non-hydrogen) atoms. The van der Waals surface area contributed by atoms with Gasteiger partial charge in [0.2, 0.25) is 0 Å². The Balaban J connectivity index is 3.54. The molecule has 6 N–H and O–H groups in total. The van der Waals surface area contributed by atoms with Crippen LogP contribution in [0, 0.1) is 0 Å². The minimum atomic E-state index is 0.335. The van der Waals surface area contributed by atoms with E-state index in [4.69, 9.17) is 11.5 Å². The molecule has 0 fully saturated rings. The van der Waals surface area contributed by atoms with Crippen LogP contribution >= 0.6 is 0 Å². The fraction of sp³-hybridized carbons (Fsp3) is 0.800. The molecule has 84 valence electrons. The van der Waals surface area contributed by atoms with Crippen molar-refractivity contribution < 1.29 is 0 Å². The maximum Gasteiger partial charge on any atom is 0.0572 e. The summed E-state index contributed by atoms with van der Waals surface area (Å²) < 4.78 is 0. The zero-order valence-electron chi connectivity index (χ0n) is 8.97. The van der Waals surface area contributed by atoms with E-state index in [1.807, 2.05) is 6.08 Å². The highest BCUT2D eigenvalue weighted by Crippen LogP contribution is 1.98. The Morgan fingerprint density at radius 2 is 1.71 bits per heavy atom. The third-order valence-corrected chi connectivity index (χ3v) is 1.97. The van der Waals surface area contributed by atoms with E-state index in [1.54, 1.807) is 0 Å². The lowest BCUT2D eigenvalue weighted by atomic mass is 10.2. The SMILES string of the molecule is C=CCCCC(NCC[16NH2])NCC[16NH2]. The van der Waals surface area contributed by atoms with Gasteiger partial charge < -0.3 is 22.1 Å². The topological polar surface area (TPSA) is 76.1 Å². The molecule has 0 amide bonds. The summed E-state index contributed by atoms with van der Waals surface area (Å²) in [5.41, 5.74) is 10.9. The molecule has 0 saturated carbocycles. The quantitative estimate of drug-likeness (QED) is 0.225. The standard InChI is InChI=1S/C10H24N4/c1-2-3-4-5-10(13-8-6-11)14-9-7-12/h2,10,13-14H,1,3-9,11-12H2/i11+2,12+2. The third kappa shape index (κ3) is 8.19. The lowest BCUT2D eigenvalue weighted by molar-refractivity contribution is 0.401. The van der Waals surface area contributed by atoms with Gasteiger partial charge in [-0.05, 0) is 19.3 Å². The minimum Gasteiger partial charge on any atom is -0.329 e. The van der Waals surface area contributed by atoms with Crippen molar-refractivity contribution in [1.82, 2.24) is 10.6 Å². The number of hydrogen-bond donors (Lipinski definition) is 4.